The van der Waals surface area contributed by atoms with E-state index < -0.39 is 11.4 Å². The molecule has 2 N–H and O–H groups in total. The van der Waals surface area contributed by atoms with Crippen LogP contribution in [-0.2, 0) is 22.4 Å². The molecule has 0 spiro atoms. The zero-order valence-electron chi connectivity index (χ0n) is 13.8. The van der Waals surface area contributed by atoms with Gasteiger partial charge >= 0.3 is 5.97 Å². The molecule has 24 heavy (non-hydrogen) atoms. The molecule has 1 aromatic carbocycles. The maximum absolute atomic E-state index is 12.4. The number of carbonyl (C=O) groups is 2. The van der Waals surface area contributed by atoms with Crippen molar-refractivity contribution in [2.45, 2.75) is 39.2 Å². The van der Waals surface area contributed by atoms with E-state index in [9.17, 15) is 14.7 Å². The van der Waals surface area contributed by atoms with E-state index in [0.717, 1.165) is 16.9 Å². The van der Waals surface area contributed by atoms with Crippen LogP contribution >= 0.6 is 0 Å². The Labute approximate surface area is 140 Å². The molecule has 1 heterocycles. The van der Waals surface area contributed by atoms with Gasteiger partial charge in [0.2, 0.25) is 5.91 Å². The third-order valence-electron chi connectivity index (χ3n) is 4.69. The topological polar surface area (TPSA) is 79.5 Å². The number of hydrogen-bond donors (Lipinski definition) is 2. The lowest BCUT2D eigenvalue weighted by Gasteiger charge is -2.24. The highest BCUT2D eigenvalue weighted by molar-refractivity contribution is 5.86. The first-order chi connectivity index (χ1) is 11.4. The molecular formula is C19H21NO4. The molecule has 3 rings (SSSR count). The smallest absolute Gasteiger partial charge is 0.310 e. The molecule has 1 aromatic heterocycles. The van der Waals surface area contributed by atoms with Gasteiger partial charge in [-0.3, -0.25) is 9.59 Å². The first kappa shape index (κ1) is 16.3. The minimum Gasteiger partial charge on any atom is -0.481 e. The molecule has 1 unspecified atom stereocenters. The van der Waals surface area contributed by atoms with Gasteiger partial charge in [-0.25, -0.2) is 0 Å². The van der Waals surface area contributed by atoms with Crippen LogP contribution in [0.4, 0.5) is 0 Å². The van der Waals surface area contributed by atoms with Crippen molar-refractivity contribution in [2.75, 3.05) is 0 Å². The molecule has 0 saturated carbocycles. The molecule has 1 atom stereocenters. The summed E-state index contributed by atoms with van der Waals surface area (Å²) in [5.74, 6) is 0.251. The number of furan rings is 1. The minimum absolute atomic E-state index is 0.0406. The van der Waals surface area contributed by atoms with Gasteiger partial charge in [-0.2, -0.15) is 0 Å². The lowest BCUT2D eigenvalue weighted by Crippen LogP contribution is -2.39. The highest BCUT2D eigenvalue weighted by atomic mass is 16.4. The second-order valence-corrected chi connectivity index (χ2v) is 6.62. The van der Waals surface area contributed by atoms with Crippen LogP contribution in [0, 0.1) is 12.3 Å². The number of rotatable bonds is 5. The van der Waals surface area contributed by atoms with E-state index in [-0.39, 0.29) is 18.4 Å². The monoisotopic (exact) mass is 327 g/mol. The van der Waals surface area contributed by atoms with E-state index in [4.69, 9.17) is 4.42 Å². The molecule has 1 amide bonds. The van der Waals surface area contributed by atoms with Gasteiger partial charge in [0, 0.05) is 6.42 Å². The summed E-state index contributed by atoms with van der Waals surface area (Å²) in [5, 5.41) is 12.6. The average Bonchev–Trinajstić information content (AvgIpc) is 3.10. The number of aryl methyl sites for hydroxylation is 1. The van der Waals surface area contributed by atoms with Crippen LogP contribution < -0.4 is 5.32 Å². The Morgan fingerprint density at radius 3 is 2.33 bits per heavy atom. The van der Waals surface area contributed by atoms with Crippen LogP contribution in [0.15, 0.2) is 40.8 Å². The van der Waals surface area contributed by atoms with Crippen molar-refractivity contribution in [1.82, 2.24) is 5.32 Å². The molecule has 0 fully saturated rings. The fraction of sp³-hybridized carbons (Fsp3) is 0.368. The number of carbonyl (C=O) groups excluding carboxylic acids is 1. The Balaban J connectivity index is 1.71. The highest BCUT2D eigenvalue weighted by Gasteiger charge is 2.45. The maximum Gasteiger partial charge on any atom is 0.310 e. The van der Waals surface area contributed by atoms with Gasteiger partial charge in [0.15, 0.2) is 0 Å². The van der Waals surface area contributed by atoms with Gasteiger partial charge in [0.1, 0.15) is 11.5 Å². The predicted molar refractivity (Wildman–Crippen MR) is 88.5 cm³/mol. The van der Waals surface area contributed by atoms with Gasteiger partial charge in [0.25, 0.3) is 0 Å². The van der Waals surface area contributed by atoms with Crippen molar-refractivity contribution < 1.29 is 19.1 Å². The lowest BCUT2D eigenvalue weighted by atomic mass is 9.81. The standard InChI is InChI=1S/C19H21NO4/c1-12-7-8-16(24-12)13(2)20-17(21)11-19(18(22)23)9-14-5-3-4-6-15(14)10-19/h3-8,13H,9-11H2,1-2H3,(H,20,21)(H,22,23). The van der Waals surface area contributed by atoms with Crippen LogP contribution in [0.1, 0.15) is 42.0 Å². The van der Waals surface area contributed by atoms with Gasteiger partial charge < -0.3 is 14.8 Å². The molecule has 2 aromatic rings. The van der Waals surface area contributed by atoms with E-state index in [0.29, 0.717) is 18.6 Å². The minimum atomic E-state index is -1.06. The van der Waals surface area contributed by atoms with E-state index in [1.807, 2.05) is 50.2 Å². The number of fused-ring (bicyclic) bond motifs is 1. The summed E-state index contributed by atoms with van der Waals surface area (Å²) in [6.45, 7) is 3.67. The number of nitrogens with one attached hydrogen (secondary N) is 1. The summed E-state index contributed by atoms with van der Waals surface area (Å²) in [6, 6.07) is 11.0. The summed E-state index contributed by atoms with van der Waals surface area (Å²) >= 11 is 0. The molecule has 5 heteroatoms. The highest BCUT2D eigenvalue weighted by Crippen LogP contribution is 2.40. The Kier molecular flexibility index (Phi) is 4.18. The quantitative estimate of drug-likeness (QED) is 0.884. The van der Waals surface area contributed by atoms with E-state index >= 15 is 0 Å². The van der Waals surface area contributed by atoms with Gasteiger partial charge in [-0.15, -0.1) is 0 Å². The number of carboxylic acids is 1. The third-order valence-corrected chi connectivity index (χ3v) is 4.69. The van der Waals surface area contributed by atoms with E-state index in [1.54, 1.807) is 0 Å². The first-order valence-corrected chi connectivity index (χ1v) is 8.05. The van der Waals surface area contributed by atoms with Gasteiger partial charge in [-0.1, -0.05) is 24.3 Å². The summed E-state index contributed by atoms with van der Waals surface area (Å²) in [4.78, 5) is 24.3. The molecule has 0 radical (unpaired) electrons. The zero-order chi connectivity index (χ0) is 17.3. The number of benzene rings is 1. The number of amides is 1. The molecule has 5 nitrogen and oxygen atoms in total. The molecular weight excluding hydrogens is 306 g/mol. The van der Waals surface area contributed by atoms with Crippen molar-refractivity contribution in [3.05, 3.63) is 59.0 Å². The Morgan fingerprint density at radius 1 is 1.21 bits per heavy atom. The lowest BCUT2D eigenvalue weighted by molar-refractivity contribution is -0.151. The van der Waals surface area contributed by atoms with Gasteiger partial charge in [0.05, 0.1) is 11.5 Å². The largest absolute Gasteiger partial charge is 0.481 e. The van der Waals surface area contributed by atoms with E-state index in [2.05, 4.69) is 5.32 Å². The van der Waals surface area contributed by atoms with Gasteiger partial charge in [-0.05, 0) is 49.9 Å². The predicted octanol–water partition coefficient (Wildman–Crippen LogP) is 3.03. The maximum atomic E-state index is 12.4. The summed E-state index contributed by atoms with van der Waals surface area (Å²) in [6.07, 6.45) is 0.737. The SMILES string of the molecule is Cc1ccc(C(C)NC(=O)CC2(C(=O)O)Cc3ccccc3C2)o1. The zero-order valence-corrected chi connectivity index (χ0v) is 13.8. The van der Waals surface area contributed by atoms with Crippen molar-refractivity contribution >= 4 is 11.9 Å². The molecule has 0 aliphatic heterocycles. The Hall–Kier alpha value is -2.56. The van der Waals surface area contributed by atoms with Crippen LogP contribution in [0.2, 0.25) is 0 Å². The fourth-order valence-electron chi connectivity index (χ4n) is 3.40. The molecule has 1 aliphatic rings. The Bertz CT molecular complexity index is 752. The van der Waals surface area contributed by atoms with Crippen molar-refractivity contribution in [3.8, 4) is 0 Å². The third kappa shape index (κ3) is 3.07. The Morgan fingerprint density at radius 2 is 1.83 bits per heavy atom. The van der Waals surface area contributed by atoms with Crippen LogP contribution in [0.5, 0.6) is 0 Å². The fourth-order valence-corrected chi connectivity index (χ4v) is 3.40. The second-order valence-electron chi connectivity index (χ2n) is 6.62. The molecule has 0 saturated heterocycles. The summed E-state index contributed by atoms with van der Waals surface area (Å²) in [5.41, 5.74) is 0.969. The van der Waals surface area contributed by atoms with Crippen molar-refractivity contribution in [3.63, 3.8) is 0 Å². The molecule has 0 bridgehead atoms. The summed E-state index contributed by atoms with van der Waals surface area (Å²) < 4.78 is 5.51. The van der Waals surface area contributed by atoms with E-state index in [1.165, 1.54) is 0 Å². The number of carboxylic acid groups (broad SMARTS) is 1. The first-order valence-electron chi connectivity index (χ1n) is 8.05. The van der Waals surface area contributed by atoms with Crippen LogP contribution in [0.25, 0.3) is 0 Å². The van der Waals surface area contributed by atoms with Crippen molar-refractivity contribution in [1.29, 1.82) is 0 Å². The molecule has 1 aliphatic carbocycles. The number of aliphatic carboxylic acids is 1. The van der Waals surface area contributed by atoms with Crippen LogP contribution in [0.3, 0.4) is 0 Å². The average molecular weight is 327 g/mol. The normalized spacial score (nSPS) is 16.4. The summed E-state index contributed by atoms with van der Waals surface area (Å²) in [7, 11) is 0. The second kappa shape index (κ2) is 6.15. The number of hydrogen-bond acceptors (Lipinski definition) is 3. The molecule has 126 valence electrons. The van der Waals surface area contributed by atoms with Crippen LogP contribution in [-0.4, -0.2) is 17.0 Å². The van der Waals surface area contributed by atoms with Crippen molar-refractivity contribution in [2.24, 2.45) is 5.41 Å².